The molecule has 52 heavy (non-hydrogen) atoms. The van der Waals surface area contributed by atoms with Crippen LogP contribution in [0.3, 0.4) is 0 Å². The van der Waals surface area contributed by atoms with Crippen LogP contribution in [-0.2, 0) is 30.8 Å². The highest BCUT2D eigenvalue weighted by atomic mass is 32.2. The van der Waals surface area contributed by atoms with E-state index in [4.69, 9.17) is 14.5 Å². The van der Waals surface area contributed by atoms with E-state index in [2.05, 4.69) is 15.4 Å². The highest BCUT2D eigenvalue weighted by Gasteiger charge is 2.63. The summed E-state index contributed by atoms with van der Waals surface area (Å²) >= 11 is 0. The molecule has 3 fully saturated rings. The van der Waals surface area contributed by atoms with Gasteiger partial charge in [0.05, 0.1) is 17.9 Å². The third-order valence-electron chi connectivity index (χ3n) is 11.6. The maximum absolute atomic E-state index is 14.4. The Bertz CT molecular complexity index is 1930. The van der Waals surface area contributed by atoms with Gasteiger partial charge in [-0.1, -0.05) is 44.2 Å². The molecule has 0 unspecified atom stereocenters. The molecule has 0 bridgehead atoms. The Morgan fingerprint density at radius 1 is 1.13 bits per heavy atom. The zero-order valence-electron chi connectivity index (χ0n) is 29.7. The summed E-state index contributed by atoms with van der Waals surface area (Å²) in [6, 6.07) is 5.37. The van der Waals surface area contributed by atoms with Crippen molar-refractivity contribution in [1.82, 2.24) is 25.2 Å². The van der Waals surface area contributed by atoms with Gasteiger partial charge in [-0.05, 0) is 81.6 Å². The first-order chi connectivity index (χ1) is 24.7. The zero-order valence-corrected chi connectivity index (χ0v) is 30.5. The average molecular weight is 738 g/mol. The Hall–Kier alpha value is -4.40. The first-order valence-corrected chi connectivity index (χ1v) is 19.8. The third kappa shape index (κ3) is 6.79. The molecular weight excluding hydrogens is 691 g/mol. The lowest BCUT2D eigenvalue weighted by Crippen LogP contribution is -2.59. The molecule has 2 aliphatic carbocycles. The maximum atomic E-state index is 14.4. The predicted molar refractivity (Wildman–Crippen MR) is 190 cm³/mol. The summed E-state index contributed by atoms with van der Waals surface area (Å²) in [4.78, 5) is 60.7. The van der Waals surface area contributed by atoms with Crippen LogP contribution in [0.5, 0.6) is 11.8 Å². The number of allylic oxidation sites excluding steroid dienone is 1. The summed E-state index contributed by atoms with van der Waals surface area (Å²) in [5.41, 5.74) is -0.548. The molecule has 15 heteroatoms. The number of nitrogens with zero attached hydrogens (tertiary/aromatic N) is 2. The number of hydrogen-bond acceptors (Lipinski definition) is 9. The molecular formula is C37H47N5O9S. The van der Waals surface area contributed by atoms with Crippen LogP contribution in [-0.4, -0.2) is 88.8 Å². The molecule has 0 spiro atoms. The Balaban J connectivity index is 1.23. The Labute approximate surface area is 303 Å². The molecule has 0 radical (unpaired) electrons. The summed E-state index contributed by atoms with van der Waals surface area (Å²) < 4.78 is 39.9. The Kier molecular flexibility index (Phi) is 9.37. The molecule has 1 saturated heterocycles. The molecule has 4 N–H and O–H groups in total. The van der Waals surface area contributed by atoms with E-state index in [1.54, 1.807) is 6.92 Å². The first kappa shape index (κ1) is 36.0. The second-order valence-electron chi connectivity index (χ2n) is 15.6. The number of hydrogen-bond donors (Lipinski definition) is 4. The minimum Gasteiger partial charge on any atom is -0.477 e. The molecule has 280 valence electrons. The third-order valence-corrected chi connectivity index (χ3v) is 13.7. The molecule has 7 atom stereocenters. The number of ether oxygens (including phenoxy) is 2. The van der Waals surface area contributed by atoms with Crippen LogP contribution in [0.2, 0.25) is 0 Å². The van der Waals surface area contributed by atoms with Gasteiger partial charge < -0.3 is 30.1 Å². The molecule has 2 aromatic rings. The van der Waals surface area contributed by atoms with Crippen molar-refractivity contribution in [3.8, 4) is 11.8 Å². The molecule has 3 aliphatic heterocycles. The fraction of sp³-hybridized carbons (Fsp3) is 0.595. The van der Waals surface area contributed by atoms with E-state index >= 15 is 0 Å². The number of carboxylic acid groups (broad SMARTS) is 1. The summed E-state index contributed by atoms with van der Waals surface area (Å²) in [5, 5.41) is 16.8. The van der Waals surface area contributed by atoms with Crippen LogP contribution in [0.4, 0.5) is 4.79 Å². The normalized spacial score (nSPS) is 32.0. The number of sulfonamides is 1. The van der Waals surface area contributed by atoms with Crippen molar-refractivity contribution >= 4 is 44.6 Å². The lowest BCUT2D eigenvalue weighted by atomic mass is 9.88. The molecule has 2 saturated carbocycles. The topological polar surface area (TPSA) is 193 Å². The number of pyridine rings is 1. The summed E-state index contributed by atoms with van der Waals surface area (Å²) in [6.07, 6.45) is 6.38. The average Bonchev–Trinajstić information content (AvgIpc) is 3.98. The number of carbonyl (C=O) groups is 4. The second-order valence-corrected chi connectivity index (χ2v) is 17.8. The van der Waals surface area contributed by atoms with E-state index in [0.717, 1.165) is 35.6 Å². The van der Waals surface area contributed by atoms with Crippen LogP contribution >= 0.6 is 0 Å². The number of benzene rings is 1. The molecule has 1 aromatic carbocycles. The Morgan fingerprint density at radius 2 is 1.88 bits per heavy atom. The van der Waals surface area contributed by atoms with E-state index in [0.29, 0.717) is 44.1 Å². The van der Waals surface area contributed by atoms with Crippen molar-refractivity contribution < 1.29 is 42.2 Å². The van der Waals surface area contributed by atoms with E-state index in [1.807, 2.05) is 50.3 Å². The van der Waals surface area contributed by atoms with Gasteiger partial charge in [0.25, 0.3) is 5.91 Å². The smallest absolute Gasteiger partial charge is 0.405 e. The fourth-order valence-electron chi connectivity index (χ4n) is 8.02. The summed E-state index contributed by atoms with van der Waals surface area (Å²) in [7, 11) is -4.00. The lowest BCUT2D eigenvalue weighted by Gasteiger charge is -2.32. The summed E-state index contributed by atoms with van der Waals surface area (Å²) in [6.45, 7) is 5.90. The van der Waals surface area contributed by atoms with E-state index in [-0.39, 0.29) is 25.3 Å². The van der Waals surface area contributed by atoms with Gasteiger partial charge in [-0.25, -0.2) is 13.2 Å². The van der Waals surface area contributed by atoms with Crippen molar-refractivity contribution in [3.63, 3.8) is 0 Å². The van der Waals surface area contributed by atoms with Crippen LogP contribution < -0.4 is 24.8 Å². The van der Waals surface area contributed by atoms with Crippen LogP contribution in [0.25, 0.3) is 10.8 Å². The van der Waals surface area contributed by atoms with Gasteiger partial charge in [-0.3, -0.25) is 19.1 Å². The van der Waals surface area contributed by atoms with Crippen molar-refractivity contribution in [3.05, 3.63) is 42.0 Å². The second kappa shape index (κ2) is 13.5. The van der Waals surface area contributed by atoms with E-state index in [1.165, 1.54) is 4.90 Å². The van der Waals surface area contributed by atoms with E-state index in [9.17, 15) is 32.7 Å². The monoisotopic (exact) mass is 737 g/mol. The SMILES string of the molecule is C[C@@H]1CC/C=C\[C@@H]2C[C@@]2(C(=O)NS(=O)(=O)C2(C)CC2)NC(=O)[C@@H]2C[C@@H](Oc3nc4c(c5ccccc35)CCCO4)CN2C(=O)[C@@H](NC(=O)O)[C@H](C)C1. The van der Waals surface area contributed by atoms with Gasteiger partial charge in [0.15, 0.2) is 0 Å². The number of rotatable bonds is 6. The highest BCUT2D eigenvalue weighted by Crippen LogP contribution is 2.48. The maximum Gasteiger partial charge on any atom is 0.405 e. The minimum absolute atomic E-state index is 0.0185. The van der Waals surface area contributed by atoms with Crippen molar-refractivity contribution in [2.75, 3.05) is 13.2 Å². The quantitative estimate of drug-likeness (QED) is 0.319. The molecule has 1 aromatic heterocycles. The van der Waals surface area contributed by atoms with Gasteiger partial charge in [0.1, 0.15) is 23.7 Å². The predicted octanol–water partition coefficient (Wildman–Crippen LogP) is 3.43. The van der Waals surface area contributed by atoms with Crippen LogP contribution in [0, 0.1) is 17.8 Å². The van der Waals surface area contributed by atoms with E-state index < -0.39 is 74.1 Å². The number of fused-ring (bicyclic) bond motifs is 5. The number of nitrogens with one attached hydrogen (secondary N) is 3. The van der Waals surface area contributed by atoms with Crippen molar-refractivity contribution in [2.45, 2.75) is 107 Å². The fourth-order valence-corrected chi connectivity index (χ4v) is 9.34. The zero-order chi connectivity index (χ0) is 37.0. The number of carbonyl (C=O) groups excluding carboxylic acids is 3. The summed E-state index contributed by atoms with van der Waals surface area (Å²) in [5.74, 6) is -2.01. The number of aryl methyl sites for hydroxylation is 1. The molecule has 4 heterocycles. The van der Waals surface area contributed by atoms with Gasteiger partial charge >= 0.3 is 6.09 Å². The molecule has 4 amide bonds. The molecule has 14 nitrogen and oxygen atoms in total. The van der Waals surface area contributed by atoms with Crippen LogP contribution in [0.1, 0.15) is 77.7 Å². The highest BCUT2D eigenvalue weighted by molar-refractivity contribution is 7.91. The molecule has 5 aliphatic rings. The van der Waals surface area contributed by atoms with Crippen molar-refractivity contribution in [1.29, 1.82) is 0 Å². The van der Waals surface area contributed by atoms with Gasteiger partial charge in [0.2, 0.25) is 33.6 Å². The lowest BCUT2D eigenvalue weighted by molar-refractivity contribution is -0.142. The van der Waals surface area contributed by atoms with Gasteiger partial charge in [-0.2, -0.15) is 4.98 Å². The van der Waals surface area contributed by atoms with Crippen molar-refractivity contribution in [2.24, 2.45) is 17.8 Å². The number of aromatic nitrogens is 1. The van der Waals surface area contributed by atoms with Gasteiger partial charge in [-0.15, -0.1) is 0 Å². The van der Waals surface area contributed by atoms with Gasteiger partial charge in [0, 0.05) is 23.3 Å². The molecule has 7 rings (SSSR count). The van der Waals surface area contributed by atoms with Crippen LogP contribution in [0.15, 0.2) is 36.4 Å². The largest absolute Gasteiger partial charge is 0.477 e. The minimum atomic E-state index is -4.00. The first-order valence-electron chi connectivity index (χ1n) is 18.3. The number of amides is 4. The Morgan fingerprint density at radius 3 is 2.62 bits per heavy atom. The standard InChI is InChI=1S/C37H47N5O9S/c1-21-9-4-5-10-23-19-37(23,34(45)41-52(48,49)36(3)14-15-36)40-30(43)28-18-24(20-42(28)33(44)29(22(2)17-21)38-35(46)47)51-32-27-12-7-6-11-25(27)26-13-8-16-50-31(26)39-32/h5-7,10-12,21-24,28-29,38H,4,8-9,13-20H2,1-3H3,(H,40,43)(H,41,45)(H,46,47)/b10-5-/t21-,22-,23-,24-,28+,29+,37-/m1/s1.